The Labute approximate surface area is 123 Å². The summed E-state index contributed by atoms with van der Waals surface area (Å²) in [5.41, 5.74) is 0.326. The Hall–Kier alpha value is -2.84. The number of halogens is 2. The minimum atomic E-state index is -2.70. The van der Waals surface area contributed by atoms with Crippen LogP contribution in [0.15, 0.2) is 30.3 Å². The molecule has 1 aromatic carbocycles. The molecule has 1 aromatic heterocycles. The number of rotatable bonds is 5. The fourth-order valence-corrected chi connectivity index (χ4v) is 1.81. The van der Waals surface area contributed by atoms with Gasteiger partial charge in [0.1, 0.15) is 12.2 Å². The Morgan fingerprint density at radius 2 is 2.05 bits per heavy atom. The highest BCUT2D eigenvalue weighted by molar-refractivity contribution is 5.90. The van der Waals surface area contributed by atoms with Crippen molar-refractivity contribution in [3.63, 3.8) is 0 Å². The molecule has 1 amide bonds. The Bertz CT molecular complexity index is 698. The Morgan fingerprint density at radius 1 is 1.41 bits per heavy atom. The van der Waals surface area contributed by atoms with E-state index in [9.17, 15) is 23.7 Å². The van der Waals surface area contributed by atoms with Crippen LogP contribution < -0.4 is 5.32 Å². The summed E-state index contributed by atoms with van der Waals surface area (Å²) in [7, 11) is 0. The van der Waals surface area contributed by atoms with Crippen LogP contribution in [0, 0.1) is 17.0 Å². The summed E-state index contributed by atoms with van der Waals surface area (Å²) in [5.74, 6) is -0.471. The number of amides is 1. The van der Waals surface area contributed by atoms with Crippen LogP contribution in [0.5, 0.6) is 0 Å². The standard InChI is InChI=1S/C13H12F2N4O3/c1-8-6-11(13(14)15)17-18(8)7-12(20)16-9-2-4-10(5-3-9)19(21)22/h2-6,13H,7H2,1H3,(H,16,20). The molecule has 2 rings (SSSR count). The van der Waals surface area contributed by atoms with Crippen LogP contribution in [0.25, 0.3) is 0 Å². The molecule has 22 heavy (non-hydrogen) atoms. The van der Waals surface area contributed by atoms with Crippen molar-refractivity contribution in [1.82, 2.24) is 9.78 Å². The number of hydrogen-bond donors (Lipinski definition) is 1. The summed E-state index contributed by atoms with van der Waals surface area (Å²) in [6, 6.07) is 6.49. The molecular formula is C13H12F2N4O3. The van der Waals surface area contributed by atoms with E-state index in [0.717, 1.165) is 0 Å². The van der Waals surface area contributed by atoms with Crippen LogP contribution >= 0.6 is 0 Å². The average molecular weight is 310 g/mol. The summed E-state index contributed by atoms with van der Waals surface area (Å²) in [5, 5.41) is 16.7. The molecule has 0 aliphatic carbocycles. The van der Waals surface area contributed by atoms with Gasteiger partial charge < -0.3 is 5.32 Å². The molecule has 0 saturated carbocycles. The van der Waals surface area contributed by atoms with E-state index in [1.54, 1.807) is 6.92 Å². The van der Waals surface area contributed by atoms with E-state index >= 15 is 0 Å². The first-order valence-electron chi connectivity index (χ1n) is 6.23. The molecule has 0 aliphatic heterocycles. The third-order valence-corrected chi connectivity index (χ3v) is 2.88. The Balaban J connectivity index is 2.02. The van der Waals surface area contributed by atoms with Gasteiger partial charge in [-0.25, -0.2) is 8.78 Å². The van der Waals surface area contributed by atoms with Crippen LogP contribution in [0.1, 0.15) is 17.8 Å². The van der Waals surface area contributed by atoms with Gasteiger partial charge >= 0.3 is 0 Å². The predicted molar refractivity (Wildman–Crippen MR) is 73.6 cm³/mol. The van der Waals surface area contributed by atoms with Crippen molar-refractivity contribution < 1.29 is 18.5 Å². The van der Waals surface area contributed by atoms with Crippen molar-refractivity contribution in [2.75, 3.05) is 5.32 Å². The number of nitrogens with one attached hydrogen (secondary N) is 1. The second-order valence-electron chi connectivity index (χ2n) is 4.52. The lowest BCUT2D eigenvalue weighted by Gasteiger charge is -2.06. The number of non-ortho nitro benzene ring substituents is 1. The summed E-state index contributed by atoms with van der Waals surface area (Å²) in [4.78, 5) is 21.8. The number of benzene rings is 1. The highest BCUT2D eigenvalue weighted by Crippen LogP contribution is 2.18. The van der Waals surface area contributed by atoms with E-state index in [1.807, 2.05) is 0 Å². The highest BCUT2D eigenvalue weighted by atomic mass is 19.3. The van der Waals surface area contributed by atoms with Crippen LogP contribution in [0.3, 0.4) is 0 Å². The molecule has 0 spiro atoms. The average Bonchev–Trinajstić information content (AvgIpc) is 2.81. The monoisotopic (exact) mass is 310 g/mol. The number of hydrogen-bond acceptors (Lipinski definition) is 4. The van der Waals surface area contributed by atoms with Gasteiger partial charge in [-0.3, -0.25) is 19.6 Å². The van der Waals surface area contributed by atoms with Crippen molar-refractivity contribution >= 4 is 17.3 Å². The number of nitro benzene ring substituents is 1. The molecule has 0 aliphatic rings. The van der Waals surface area contributed by atoms with Gasteiger partial charge in [-0.1, -0.05) is 0 Å². The number of alkyl halides is 2. The zero-order valence-corrected chi connectivity index (χ0v) is 11.5. The van der Waals surface area contributed by atoms with Gasteiger partial charge in [0.2, 0.25) is 5.91 Å². The molecule has 0 atom stereocenters. The molecule has 9 heteroatoms. The first-order chi connectivity index (χ1) is 10.4. The van der Waals surface area contributed by atoms with Crippen molar-refractivity contribution in [3.05, 3.63) is 51.8 Å². The van der Waals surface area contributed by atoms with Gasteiger partial charge in [0.15, 0.2) is 0 Å². The summed E-state index contributed by atoms with van der Waals surface area (Å²) in [6.45, 7) is 1.34. The van der Waals surface area contributed by atoms with Gasteiger partial charge in [0.25, 0.3) is 12.1 Å². The van der Waals surface area contributed by atoms with E-state index in [1.165, 1.54) is 35.0 Å². The summed E-state index contributed by atoms with van der Waals surface area (Å²) in [6.07, 6.45) is -2.70. The SMILES string of the molecule is Cc1cc(C(F)F)nn1CC(=O)Nc1ccc([N+](=O)[O-])cc1. The molecular weight excluding hydrogens is 298 g/mol. The molecule has 0 saturated heterocycles. The molecule has 7 nitrogen and oxygen atoms in total. The van der Waals surface area contributed by atoms with Crippen LogP contribution in [-0.2, 0) is 11.3 Å². The normalized spacial score (nSPS) is 10.7. The maximum Gasteiger partial charge on any atom is 0.282 e. The van der Waals surface area contributed by atoms with Crippen molar-refractivity contribution in [1.29, 1.82) is 0 Å². The smallest absolute Gasteiger partial charge is 0.282 e. The first kappa shape index (κ1) is 15.5. The zero-order valence-electron chi connectivity index (χ0n) is 11.5. The first-order valence-corrected chi connectivity index (χ1v) is 6.23. The molecule has 2 aromatic rings. The van der Waals surface area contributed by atoms with E-state index in [-0.39, 0.29) is 17.9 Å². The highest BCUT2D eigenvalue weighted by Gasteiger charge is 2.15. The van der Waals surface area contributed by atoms with Crippen LogP contribution in [0.2, 0.25) is 0 Å². The number of nitrogens with zero attached hydrogens (tertiary/aromatic N) is 3. The second kappa shape index (κ2) is 6.29. The molecule has 0 radical (unpaired) electrons. The molecule has 0 bridgehead atoms. The number of carbonyl (C=O) groups excluding carboxylic acids is 1. The number of aryl methyl sites for hydroxylation is 1. The van der Waals surface area contributed by atoms with E-state index in [2.05, 4.69) is 10.4 Å². The summed E-state index contributed by atoms with van der Waals surface area (Å²) < 4.78 is 26.2. The third-order valence-electron chi connectivity index (χ3n) is 2.88. The van der Waals surface area contributed by atoms with Gasteiger partial charge in [0.05, 0.1) is 4.92 Å². The lowest BCUT2D eigenvalue weighted by molar-refractivity contribution is -0.384. The van der Waals surface area contributed by atoms with Crippen molar-refractivity contribution in [2.24, 2.45) is 0 Å². The van der Waals surface area contributed by atoms with Gasteiger partial charge in [-0.05, 0) is 25.1 Å². The quantitative estimate of drug-likeness (QED) is 0.679. The molecule has 116 valence electrons. The maximum atomic E-state index is 12.5. The number of anilines is 1. The Kier molecular flexibility index (Phi) is 4.44. The van der Waals surface area contributed by atoms with E-state index in [4.69, 9.17) is 0 Å². The lowest BCUT2D eigenvalue weighted by Crippen LogP contribution is -2.20. The van der Waals surface area contributed by atoms with E-state index < -0.39 is 17.3 Å². The molecule has 0 unspecified atom stereocenters. The van der Waals surface area contributed by atoms with Crippen molar-refractivity contribution in [3.8, 4) is 0 Å². The lowest BCUT2D eigenvalue weighted by atomic mass is 10.3. The maximum absolute atomic E-state index is 12.5. The fraction of sp³-hybridized carbons (Fsp3) is 0.231. The van der Waals surface area contributed by atoms with Crippen LogP contribution in [0.4, 0.5) is 20.2 Å². The third kappa shape index (κ3) is 3.62. The minimum Gasteiger partial charge on any atom is -0.324 e. The second-order valence-corrected chi connectivity index (χ2v) is 4.52. The minimum absolute atomic E-state index is 0.0949. The number of aromatic nitrogens is 2. The Morgan fingerprint density at radius 3 is 2.55 bits per heavy atom. The zero-order chi connectivity index (χ0) is 16.3. The van der Waals surface area contributed by atoms with Crippen LogP contribution in [-0.4, -0.2) is 20.6 Å². The number of nitro groups is 1. The van der Waals surface area contributed by atoms with Gasteiger partial charge in [-0.15, -0.1) is 0 Å². The van der Waals surface area contributed by atoms with Gasteiger partial charge in [-0.2, -0.15) is 5.10 Å². The molecule has 1 heterocycles. The number of carbonyl (C=O) groups is 1. The largest absolute Gasteiger partial charge is 0.324 e. The van der Waals surface area contributed by atoms with E-state index in [0.29, 0.717) is 11.4 Å². The van der Waals surface area contributed by atoms with Crippen molar-refractivity contribution in [2.45, 2.75) is 19.9 Å². The fourth-order valence-electron chi connectivity index (χ4n) is 1.81. The molecule has 0 fully saturated rings. The molecule has 1 N–H and O–H groups in total. The summed E-state index contributed by atoms with van der Waals surface area (Å²) >= 11 is 0. The van der Waals surface area contributed by atoms with Gasteiger partial charge in [0, 0.05) is 23.5 Å². The predicted octanol–water partition coefficient (Wildman–Crippen LogP) is 2.68. The topological polar surface area (TPSA) is 90.1 Å².